The Balaban J connectivity index is 1.79. The van der Waals surface area contributed by atoms with Gasteiger partial charge in [0.05, 0.1) is 11.3 Å². The molecule has 4 nitrogen and oxygen atoms in total. The highest BCUT2D eigenvalue weighted by Gasteiger charge is 2.19. The van der Waals surface area contributed by atoms with Crippen molar-refractivity contribution in [3.63, 3.8) is 0 Å². The zero-order chi connectivity index (χ0) is 19.5. The molecule has 0 aliphatic heterocycles. The van der Waals surface area contributed by atoms with Crippen molar-refractivity contribution in [3.8, 4) is 16.9 Å². The molecular formula is C23H18ClN3O. The molecule has 4 rings (SSSR count). The number of carbonyl (C=O) groups is 1. The number of rotatable bonds is 4. The number of aryl methyl sites for hydroxylation is 1. The van der Waals surface area contributed by atoms with Crippen LogP contribution in [0.25, 0.3) is 16.9 Å². The van der Waals surface area contributed by atoms with Gasteiger partial charge in [0.1, 0.15) is 5.69 Å². The lowest BCUT2D eigenvalue weighted by Crippen LogP contribution is -2.13. The summed E-state index contributed by atoms with van der Waals surface area (Å²) in [6.07, 6.45) is 1.75. The van der Waals surface area contributed by atoms with Gasteiger partial charge < -0.3 is 5.32 Å². The van der Waals surface area contributed by atoms with E-state index in [2.05, 4.69) is 10.4 Å². The van der Waals surface area contributed by atoms with Crippen molar-refractivity contribution in [2.24, 2.45) is 0 Å². The Morgan fingerprint density at radius 3 is 2.46 bits per heavy atom. The lowest BCUT2D eigenvalue weighted by Gasteiger charge is -2.08. The van der Waals surface area contributed by atoms with Crippen LogP contribution in [0, 0.1) is 6.92 Å². The number of aromatic nitrogens is 2. The molecule has 4 aromatic rings. The van der Waals surface area contributed by atoms with Crippen LogP contribution in [-0.2, 0) is 0 Å². The molecule has 5 heteroatoms. The van der Waals surface area contributed by atoms with Crippen LogP contribution in [0.15, 0.2) is 85.1 Å². The van der Waals surface area contributed by atoms with Gasteiger partial charge >= 0.3 is 0 Å². The molecule has 0 atom stereocenters. The first-order chi connectivity index (χ1) is 13.6. The second kappa shape index (κ2) is 7.71. The minimum atomic E-state index is -0.216. The Morgan fingerprint density at radius 1 is 0.964 bits per heavy atom. The minimum Gasteiger partial charge on any atom is -0.322 e. The van der Waals surface area contributed by atoms with Gasteiger partial charge in [0.25, 0.3) is 5.91 Å². The van der Waals surface area contributed by atoms with E-state index in [4.69, 9.17) is 11.6 Å². The molecule has 138 valence electrons. The fourth-order valence-corrected chi connectivity index (χ4v) is 3.20. The number of benzene rings is 3. The van der Waals surface area contributed by atoms with Crippen molar-refractivity contribution in [1.29, 1.82) is 0 Å². The number of carbonyl (C=O) groups excluding carboxylic acids is 1. The highest BCUT2D eigenvalue weighted by molar-refractivity contribution is 6.30. The third-order valence-corrected chi connectivity index (χ3v) is 4.71. The van der Waals surface area contributed by atoms with E-state index in [0.29, 0.717) is 16.3 Å². The third-order valence-electron chi connectivity index (χ3n) is 4.47. The summed E-state index contributed by atoms with van der Waals surface area (Å²) in [7, 11) is 0. The number of hydrogen-bond donors (Lipinski definition) is 1. The van der Waals surface area contributed by atoms with Gasteiger partial charge in [-0.25, -0.2) is 4.68 Å². The van der Waals surface area contributed by atoms with E-state index >= 15 is 0 Å². The van der Waals surface area contributed by atoms with Gasteiger partial charge in [-0.15, -0.1) is 0 Å². The number of hydrogen-bond acceptors (Lipinski definition) is 2. The van der Waals surface area contributed by atoms with Crippen LogP contribution in [0.3, 0.4) is 0 Å². The van der Waals surface area contributed by atoms with Gasteiger partial charge in [0.2, 0.25) is 0 Å². The van der Waals surface area contributed by atoms with Crippen LogP contribution in [0.1, 0.15) is 15.9 Å². The van der Waals surface area contributed by atoms with E-state index in [-0.39, 0.29) is 5.91 Å². The average molecular weight is 388 g/mol. The smallest absolute Gasteiger partial charge is 0.259 e. The number of para-hydroxylation sites is 2. The van der Waals surface area contributed by atoms with Crippen molar-refractivity contribution < 1.29 is 4.79 Å². The fourth-order valence-electron chi connectivity index (χ4n) is 3.00. The maximum Gasteiger partial charge on any atom is 0.259 e. The summed E-state index contributed by atoms with van der Waals surface area (Å²) in [6, 6.07) is 24.7. The van der Waals surface area contributed by atoms with Crippen molar-refractivity contribution in [2.75, 3.05) is 5.32 Å². The lowest BCUT2D eigenvalue weighted by atomic mass is 10.1. The van der Waals surface area contributed by atoms with Crippen molar-refractivity contribution in [1.82, 2.24) is 9.78 Å². The summed E-state index contributed by atoms with van der Waals surface area (Å²) < 4.78 is 1.71. The van der Waals surface area contributed by atoms with Crippen LogP contribution >= 0.6 is 11.6 Å². The molecule has 1 heterocycles. The molecule has 1 amide bonds. The number of anilines is 1. The highest BCUT2D eigenvalue weighted by Crippen LogP contribution is 2.27. The SMILES string of the molecule is Cc1ccccc1NC(=O)c1cn(-c2ccccc2)nc1-c1cccc(Cl)c1. The standard InChI is InChI=1S/C23H18ClN3O/c1-16-8-5-6-13-21(16)25-23(28)20-15-27(19-11-3-2-4-12-19)26-22(20)17-9-7-10-18(24)14-17/h2-15H,1H3,(H,25,28). The second-order valence-corrected chi connectivity index (χ2v) is 6.89. The molecule has 0 saturated carbocycles. The van der Waals surface area contributed by atoms with Crippen LogP contribution in [-0.4, -0.2) is 15.7 Å². The van der Waals surface area contributed by atoms with Crippen LogP contribution < -0.4 is 5.32 Å². The third kappa shape index (κ3) is 3.68. The normalized spacial score (nSPS) is 10.6. The van der Waals surface area contributed by atoms with Crippen molar-refractivity contribution >= 4 is 23.2 Å². The molecular weight excluding hydrogens is 370 g/mol. The predicted molar refractivity (Wildman–Crippen MR) is 113 cm³/mol. The van der Waals surface area contributed by atoms with Gasteiger partial charge in [0, 0.05) is 22.5 Å². The zero-order valence-corrected chi connectivity index (χ0v) is 16.0. The van der Waals surface area contributed by atoms with E-state index < -0.39 is 0 Å². The molecule has 0 aliphatic carbocycles. The Morgan fingerprint density at radius 2 is 1.71 bits per heavy atom. The first-order valence-electron chi connectivity index (χ1n) is 8.90. The second-order valence-electron chi connectivity index (χ2n) is 6.45. The van der Waals surface area contributed by atoms with Gasteiger partial charge in [-0.05, 0) is 42.8 Å². The lowest BCUT2D eigenvalue weighted by molar-refractivity contribution is 0.102. The molecule has 1 N–H and O–H groups in total. The number of halogens is 1. The summed E-state index contributed by atoms with van der Waals surface area (Å²) in [5, 5.41) is 8.26. The molecule has 0 spiro atoms. The summed E-state index contributed by atoms with van der Waals surface area (Å²) in [4.78, 5) is 13.1. The topological polar surface area (TPSA) is 46.9 Å². The molecule has 0 unspecified atom stereocenters. The quantitative estimate of drug-likeness (QED) is 0.484. The molecule has 0 aliphatic rings. The average Bonchev–Trinajstić information content (AvgIpc) is 3.16. The van der Waals surface area contributed by atoms with Crippen molar-refractivity contribution in [3.05, 3.63) is 101 Å². The largest absolute Gasteiger partial charge is 0.322 e. The summed E-state index contributed by atoms with van der Waals surface area (Å²) in [5.74, 6) is -0.216. The Bertz CT molecular complexity index is 1140. The molecule has 0 fully saturated rings. The molecule has 1 aromatic heterocycles. The molecule has 3 aromatic carbocycles. The van der Waals surface area contributed by atoms with E-state index in [1.165, 1.54) is 0 Å². The first kappa shape index (κ1) is 18.0. The van der Waals surface area contributed by atoms with E-state index in [1.54, 1.807) is 16.9 Å². The number of nitrogens with zero attached hydrogens (tertiary/aromatic N) is 2. The fraction of sp³-hybridized carbons (Fsp3) is 0.0435. The minimum absolute atomic E-state index is 0.216. The monoisotopic (exact) mass is 387 g/mol. The predicted octanol–water partition coefficient (Wildman–Crippen LogP) is 5.75. The Hall–Kier alpha value is -3.37. The van der Waals surface area contributed by atoms with Gasteiger partial charge in [-0.1, -0.05) is 60.1 Å². The van der Waals surface area contributed by atoms with Gasteiger partial charge in [0.15, 0.2) is 0 Å². The maximum absolute atomic E-state index is 13.1. The number of nitrogens with one attached hydrogen (secondary N) is 1. The summed E-state index contributed by atoms with van der Waals surface area (Å²) >= 11 is 6.17. The van der Waals surface area contributed by atoms with Gasteiger partial charge in [-0.2, -0.15) is 5.10 Å². The van der Waals surface area contributed by atoms with E-state index in [9.17, 15) is 4.79 Å². The molecule has 0 saturated heterocycles. The molecule has 0 bridgehead atoms. The first-order valence-corrected chi connectivity index (χ1v) is 9.27. The van der Waals surface area contributed by atoms with E-state index in [0.717, 1.165) is 22.5 Å². The zero-order valence-electron chi connectivity index (χ0n) is 15.3. The van der Waals surface area contributed by atoms with Gasteiger partial charge in [-0.3, -0.25) is 4.79 Å². The highest BCUT2D eigenvalue weighted by atomic mass is 35.5. The molecule has 28 heavy (non-hydrogen) atoms. The van der Waals surface area contributed by atoms with Crippen molar-refractivity contribution in [2.45, 2.75) is 6.92 Å². The Kier molecular flexibility index (Phi) is 4.96. The summed E-state index contributed by atoms with van der Waals surface area (Å²) in [6.45, 7) is 1.96. The Labute approximate surface area is 168 Å². The molecule has 0 radical (unpaired) electrons. The maximum atomic E-state index is 13.1. The number of amides is 1. The van der Waals surface area contributed by atoms with Crippen LogP contribution in [0.5, 0.6) is 0 Å². The summed E-state index contributed by atoms with van der Waals surface area (Å²) in [5.41, 5.74) is 4.50. The van der Waals surface area contributed by atoms with Crippen LogP contribution in [0.2, 0.25) is 5.02 Å². The van der Waals surface area contributed by atoms with Crippen LogP contribution in [0.4, 0.5) is 5.69 Å². The van der Waals surface area contributed by atoms with E-state index in [1.807, 2.05) is 79.7 Å².